The van der Waals surface area contributed by atoms with Gasteiger partial charge in [0.05, 0.1) is 24.5 Å². The zero-order chi connectivity index (χ0) is 27.9. The van der Waals surface area contributed by atoms with E-state index in [-0.39, 0.29) is 38.1 Å². The fourth-order valence-corrected chi connectivity index (χ4v) is 5.38. The van der Waals surface area contributed by atoms with E-state index in [1.165, 1.54) is 29.7 Å². The lowest BCUT2D eigenvalue weighted by atomic mass is 9.98. The van der Waals surface area contributed by atoms with Crippen LogP contribution in [-0.2, 0) is 11.3 Å². The van der Waals surface area contributed by atoms with Gasteiger partial charge in [0.2, 0.25) is 0 Å². The molecule has 0 radical (unpaired) electrons. The van der Waals surface area contributed by atoms with E-state index < -0.39 is 0 Å². The molecular weight excluding hydrogens is 504 g/mol. The molecule has 0 spiro atoms. The minimum Gasteiger partial charge on any atom is -0.395 e. The maximum Gasteiger partial charge on any atom is 0.258 e. The minimum absolute atomic E-state index is 0.112. The molecule has 3 aromatic carbocycles. The first-order valence-electron chi connectivity index (χ1n) is 13.9. The normalized spacial score (nSPS) is 16.3. The number of likely N-dealkylation sites (tertiary alicyclic amines) is 1. The molecule has 3 aromatic rings. The van der Waals surface area contributed by atoms with Crippen molar-refractivity contribution < 1.29 is 19.8 Å². The third-order valence-electron chi connectivity index (χ3n) is 7.43. The standard InChI is InChI=1S/C32H36N4O4/c37-19-17-36(18-20-38)32(40)25-11-14-28-27(21-25)29(31(39)34-28)30(24-7-3-1-4-8-24)33-26-12-9-23(10-13-26)22-35-15-5-2-6-16-35/h1,3-4,7-14,21,33,37-38H,2,5-6,15-20,22H2,(H,34,39). The second-order valence-electron chi connectivity index (χ2n) is 10.2. The van der Waals surface area contributed by atoms with Crippen LogP contribution in [0.15, 0.2) is 72.8 Å². The highest BCUT2D eigenvalue weighted by Gasteiger charge is 2.30. The van der Waals surface area contributed by atoms with Crippen LogP contribution >= 0.6 is 0 Å². The number of aliphatic hydroxyl groups is 2. The van der Waals surface area contributed by atoms with Crippen molar-refractivity contribution >= 4 is 34.5 Å². The Hall–Kier alpha value is -3.98. The molecule has 5 rings (SSSR count). The number of aliphatic hydroxyl groups excluding tert-OH is 2. The van der Waals surface area contributed by atoms with Gasteiger partial charge in [0.15, 0.2) is 0 Å². The Morgan fingerprint density at radius 3 is 2.25 bits per heavy atom. The predicted molar refractivity (Wildman–Crippen MR) is 158 cm³/mol. The molecule has 0 aromatic heterocycles. The summed E-state index contributed by atoms with van der Waals surface area (Å²) in [6.45, 7) is 3.02. The molecule has 0 aliphatic carbocycles. The van der Waals surface area contributed by atoms with E-state index >= 15 is 0 Å². The van der Waals surface area contributed by atoms with Gasteiger partial charge in [-0.25, -0.2) is 0 Å². The fraction of sp³-hybridized carbons (Fsp3) is 0.312. The highest BCUT2D eigenvalue weighted by Crippen LogP contribution is 2.38. The first-order valence-corrected chi connectivity index (χ1v) is 13.9. The Labute approximate surface area is 234 Å². The molecule has 0 atom stereocenters. The van der Waals surface area contributed by atoms with Gasteiger partial charge in [-0.1, -0.05) is 48.9 Å². The number of carbonyl (C=O) groups excluding carboxylic acids is 2. The number of fused-ring (bicyclic) bond motifs is 1. The molecular formula is C32H36N4O4. The van der Waals surface area contributed by atoms with Gasteiger partial charge in [-0.3, -0.25) is 14.5 Å². The highest BCUT2D eigenvalue weighted by molar-refractivity contribution is 6.37. The molecule has 2 heterocycles. The van der Waals surface area contributed by atoms with E-state index in [1.54, 1.807) is 18.2 Å². The lowest BCUT2D eigenvalue weighted by Crippen LogP contribution is -2.35. The number of hydrogen-bond acceptors (Lipinski definition) is 6. The molecule has 2 aliphatic heterocycles. The van der Waals surface area contributed by atoms with Crippen LogP contribution in [-0.4, -0.2) is 71.2 Å². The first-order chi connectivity index (χ1) is 19.6. The number of anilines is 2. The minimum atomic E-state index is -0.317. The van der Waals surface area contributed by atoms with Crippen molar-refractivity contribution in [2.75, 3.05) is 50.0 Å². The topological polar surface area (TPSA) is 105 Å². The summed E-state index contributed by atoms with van der Waals surface area (Å²) in [6.07, 6.45) is 3.82. The van der Waals surface area contributed by atoms with Gasteiger partial charge in [0.1, 0.15) is 0 Å². The molecule has 0 unspecified atom stereocenters. The summed E-state index contributed by atoms with van der Waals surface area (Å²) in [5.41, 5.74) is 5.68. The summed E-state index contributed by atoms with van der Waals surface area (Å²) >= 11 is 0. The maximum atomic E-state index is 13.4. The molecule has 8 nitrogen and oxygen atoms in total. The van der Waals surface area contributed by atoms with Crippen LogP contribution in [0.1, 0.15) is 46.3 Å². The quantitative estimate of drug-likeness (QED) is 0.290. The Balaban J connectivity index is 1.49. The second-order valence-corrected chi connectivity index (χ2v) is 10.2. The van der Waals surface area contributed by atoms with Crippen molar-refractivity contribution in [1.29, 1.82) is 0 Å². The second kappa shape index (κ2) is 12.9. The van der Waals surface area contributed by atoms with Crippen molar-refractivity contribution in [3.8, 4) is 0 Å². The average molecular weight is 541 g/mol. The van der Waals surface area contributed by atoms with E-state index in [4.69, 9.17) is 0 Å². The van der Waals surface area contributed by atoms with Gasteiger partial charge in [0, 0.05) is 42.1 Å². The van der Waals surface area contributed by atoms with Crippen molar-refractivity contribution in [2.24, 2.45) is 0 Å². The molecule has 208 valence electrons. The zero-order valence-corrected chi connectivity index (χ0v) is 22.6. The SMILES string of the molecule is O=C1Nc2ccc(C(=O)N(CCO)CCO)cc2C1=C(Nc1ccc(CN2CCCCC2)cc1)c1ccccc1. The molecule has 40 heavy (non-hydrogen) atoms. The third kappa shape index (κ3) is 6.25. The predicted octanol–water partition coefficient (Wildman–Crippen LogP) is 4.03. The number of nitrogens with zero attached hydrogens (tertiary/aromatic N) is 2. The van der Waals surface area contributed by atoms with Crippen molar-refractivity contribution in [2.45, 2.75) is 25.8 Å². The summed E-state index contributed by atoms with van der Waals surface area (Å²) < 4.78 is 0. The van der Waals surface area contributed by atoms with Crippen LogP contribution in [0.5, 0.6) is 0 Å². The first kappa shape index (κ1) is 27.6. The van der Waals surface area contributed by atoms with E-state index in [0.29, 0.717) is 28.1 Å². The largest absolute Gasteiger partial charge is 0.395 e. The molecule has 8 heteroatoms. The molecule has 0 saturated carbocycles. The number of nitrogens with one attached hydrogen (secondary N) is 2. The highest BCUT2D eigenvalue weighted by atomic mass is 16.3. The van der Waals surface area contributed by atoms with Crippen LogP contribution in [0, 0.1) is 0 Å². The molecule has 1 fully saturated rings. The number of benzene rings is 3. The van der Waals surface area contributed by atoms with Crippen LogP contribution in [0.4, 0.5) is 11.4 Å². The number of amides is 2. The van der Waals surface area contributed by atoms with E-state index in [0.717, 1.165) is 30.9 Å². The third-order valence-corrected chi connectivity index (χ3v) is 7.43. The van der Waals surface area contributed by atoms with Gasteiger partial charge in [-0.15, -0.1) is 0 Å². The summed E-state index contributed by atoms with van der Waals surface area (Å²) in [5, 5.41) is 25.2. The van der Waals surface area contributed by atoms with Crippen LogP contribution in [0.2, 0.25) is 0 Å². The van der Waals surface area contributed by atoms with Crippen LogP contribution in [0.25, 0.3) is 11.3 Å². The summed E-state index contributed by atoms with van der Waals surface area (Å²) in [7, 11) is 0. The Morgan fingerprint density at radius 1 is 0.875 bits per heavy atom. The van der Waals surface area contributed by atoms with Crippen molar-refractivity contribution in [3.05, 3.63) is 95.1 Å². The Bertz CT molecular complexity index is 1360. The van der Waals surface area contributed by atoms with Gasteiger partial charge < -0.3 is 25.7 Å². The molecule has 4 N–H and O–H groups in total. The molecule has 2 amide bonds. The summed E-state index contributed by atoms with van der Waals surface area (Å²) in [6, 6.07) is 23.1. The monoisotopic (exact) mass is 540 g/mol. The van der Waals surface area contributed by atoms with Gasteiger partial charge >= 0.3 is 0 Å². The fourth-order valence-electron chi connectivity index (χ4n) is 5.38. The van der Waals surface area contributed by atoms with Gasteiger partial charge in [0.25, 0.3) is 11.8 Å². The molecule has 0 bridgehead atoms. The average Bonchev–Trinajstić information content (AvgIpc) is 3.32. The maximum absolute atomic E-state index is 13.4. The number of rotatable bonds is 10. The number of carbonyl (C=O) groups is 2. The summed E-state index contributed by atoms with van der Waals surface area (Å²) in [4.78, 5) is 30.4. The van der Waals surface area contributed by atoms with Gasteiger partial charge in [-0.05, 0) is 67.4 Å². The lowest BCUT2D eigenvalue weighted by molar-refractivity contribution is -0.110. The van der Waals surface area contributed by atoms with E-state index in [1.807, 2.05) is 42.5 Å². The zero-order valence-electron chi connectivity index (χ0n) is 22.6. The van der Waals surface area contributed by atoms with Crippen LogP contribution in [0.3, 0.4) is 0 Å². The molecule has 2 aliphatic rings. The number of piperidine rings is 1. The summed E-state index contributed by atoms with van der Waals surface area (Å²) in [5.74, 6) is -0.571. The lowest BCUT2D eigenvalue weighted by Gasteiger charge is -2.26. The molecule has 1 saturated heterocycles. The van der Waals surface area contributed by atoms with Crippen molar-refractivity contribution in [3.63, 3.8) is 0 Å². The van der Waals surface area contributed by atoms with E-state index in [2.05, 4.69) is 27.7 Å². The Morgan fingerprint density at radius 2 is 1.57 bits per heavy atom. The van der Waals surface area contributed by atoms with Crippen molar-refractivity contribution in [1.82, 2.24) is 9.80 Å². The Kier molecular flexibility index (Phi) is 8.91. The smallest absolute Gasteiger partial charge is 0.258 e. The van der Waals surface area contributed by atoms with Crippen LogP contribution < -0.4 is 10.6 Å². The van der Waals surface area contributed by atoms with Gasteiger partial charge in [-0.2, -0.15) is 0 Å². The van der Waals surface area contributed by atoms with E-state index in [9.17, 15) is 19.8 Å². The number of hydrogen-bond donors (Lipinski definition) is 4.